The van der Waals surface area contributed by atoms with Crippen molar-refractivity contribution < 1.29 is 30.0 Å². The summed E-state index contributed by atoms with van der Waals surface area (Å²) >= 11 is 1.77. The summed E-state index contributed by atoms with van der Waals surface area (Å²) in [4.78, 5) is 21.4. The van der Waals surface area contributed by atoms with Gasteiger partial charge in [-0.3, -0.25) is 9.78 Å². The Labute approximate surface area is 310 Å². The maximum atomic E-state index is 11.7. The van der Waals surface area contributed by atoms with Crippen LogP contribution in [0.3, 0.4) is 0 Å². The van der Waals surface area contributed by atoms with Crippen LogP contribution in [0.1, 0.15) is 90.8 Å². The molecule has 4 nitrogen and oxygen atoms in total. The zero-order valence-corrected chi connectivity index (χ0v) is 33.5. The van der Waals surface area contributed by atoms with Crippen LogP contribution >= 0.6 is 11.3 Å². The molecule has 2 heterocycles. The largest absolute Gasteiger partial charge is 0.512 e. The van der Waals surface area contributed by atoms with E-state index in [0.29, 0.717) is 5.69 Å². The molecule has 0 fully saturated rings. The molecule has 0 bridgehead atoms. The number of fused-ring (bicyclic) bond motifs is 2. The van der Waals surface area contributed by atoms with Gasteiger partial charge in [-0.2, -0.15) is 0 Å². The van der Waals surface area contributed by atoms with Crippen LogP contribution in [0.15, 0.2) is 72.6 Å². The van der Waals surface area contributed by atoms with Crippen molar-refractivity contribution in [2.45, 2.75) is 93.4 Å². The van der Waals surface area contributed by atoms with Gasteiger partial charge in [0.25, 0.3) is 0 Å². The molecular formula is C43H49IrN2O2S-. The van der Waals surface area contributed by atoms with Crippen LogP contribution in [0.2, 0.25) is 0 Å². The molecular weight excluding hydrogens is 801 g/mol. The molecule has 5 aromatic rings. The predicted molar refractivity (Wildman–Crippen MR) is 205 cm³/mol. The Bertz CT molecular complexity index is 1960. The summed E-state index contributed by atoms with van der Waals surface area (Å²) in [6.07, 6.45) is 6.80. The fourth-order valence-corrected chi connectivity index (χ4v) is 7.77. The van der Waals surface area contributed by atoms with Crippen LogP contribution in [0, 0.1) is 38.3 Å². The van der Waals surface area contributed by atoms with Crippen LogP contribution in [-0.2, 0) is 30.3 Å². The average Bonchev–Trinajstić information content (AvgIpc) is 3.48. The number of aliphatic hydroxyl groups is 1. The van der Waals surface area contributed by atoms with Gasteiger partial charge < -0.3 is 5.11 Å². The van der Waals surface area contributed by atoms with Crippen molar-refractivity contribution in [1.82, 2.24) is 4.98 Å². The number of aromatic nitrogens is 1. The van der Waals surface area contributed by atoms with Crippen molar-refractivity contribution in [3.63, 3.8) is 0 Å². The first-order valence-corrected chi connectivity index (χ1v) is 18.0. The minimum atomic E-state index is 0. The predicted octanol–water partition coefficient (Wildman–Crippen LogP) is 12.9. The standard InChI is InChI=1S/C30H25N2S.C13H24O2.Ir/c1-18-13-23(31-6)14-19(2)27(18)26-17-21-11-12-32-28(29(21)33-26)22-15-20-9-7-8-10-24(20)25(16-22)30(3,4)5;1-5-10(6-2)12(14)9-13(15)11(7-3)8-4;/h7-14,16-17H,1-5H3;9-11,14H,5-8H2,1-4H3;/q-1;;/b;12-9-;. The molecule has 49 heavy (non-hydrogen) atoms. The summed E-state index contributed by atoms with van der Waals surface area (Å²) in [6, 6.07) is 22.7. The molecule has 0 amide bonds. The molecule has 0 unspecified atom stereocenters. The first-order chi connectivity index (χ1) is 22.9. The Morgan fingerprint density at radius 2 is 1.57 bits per heavy atom. The van der Waals surface area contributed by atoms with E-state index in [4.69, 9.17) is 11.6 Å². The number of carbonyl (C=O) groups is 1. The van der Waals surface area contributed by atoms with Crippen molar-refractivity contribution in [1.29, 1.82) is 0 Å². The molecule has 2 aromatic heterocycles. The number of allylic oxidation sites excluding steroid dienone is 2. The molecule has 0 aliphatic carbocycles. The molecule has 0 spiro atoms. The van der Waals surface area contributed by atoms with E-state index in [9.17, 15) is 9.90 Å². The van der Waals surface area contributed by atoms with Crippen LogP contribution < -0.4 is 0 Å². The molecule has 0 saturated heterocycles. The number of rotatable bonds is 9. The number of pyridine rings is 1. The van der Waals surface area contributed by atoms with Gasteiger partial charge in [0.15, 0.2) is 11.5 Å². The maximum absolute atomic E-state index is 11.7. The first-order valence-electron chi connectivity index (χ1n) is 17.1. The smallest absolute Gasteiger partial charge is 0.187 e. The second-order valence-electron chi connectivity index (χ2n) is 13.6. The Hall–Kier alpha value is -3.62. The van der Waals surface area contributed by atoms with Crippen molar-refractivity contribution in [3.05, 3.63) is 107 Å². The third-order valence-electron chi connectivity index (χ3n) is 9.25. The molecule has 5 rings (SSSR count). The summed E-state index contributed by atoms with van der Waals surface area (Å²) in [5, 5.41) is 13.3. The average molecular weight is 850 g/mol. The second kappa shape index (κ2) is 17.3. The van der Waals surface area contributed by atoms with E-state index in [1.165, 1.54) is 37.6 Å². The summed E-state index contributed by atoms with van der Waals surface area (Å²) in [5.74, 6) is 0.547. The minimum absolute atomic E-state index is 0. The van der Waals surface area contributed by atoms with E-state index in [1.54, 1.807) is 11.3 Å². The summed E-state index contributed by atoms with van der Waals surface area (Å²) in [5.41, 5.74) is 7.51. The summed E-state index contributed by atoms with van der Waals surface area (Å²) < 4.78 is 1.17. The van der Waals surface area contributed by atoms with Gasteiger partial charge in [0.1, 0.15) is 0 Å². The number of nitrogens with zero attached hydrogens (tertiary/aromatic N) is 2. The quantitative estimate of drug-likeness (QED) is 0.0913. The first kappa shape index (κ1) is 39.8. The van der Waals surface area contributed by atoms with E-state index < -0.39 is 0 Å². The minimum Gasteiger partial charge on any atom is -0.512 e. The van der Waals surface area contributed by atoms with Gasteiger partial charge in [-0.1, -0.05) is 101 Å². The Morgan fingerprint density at radius 1 is 0.959 bits per heavy atom. The molecule has 0 saturated carbocycles. The molecule has 1 N–H and O–H groups in total. The Morgan fingerprint density at radius 3 is 2.14 bits per heavy atom. The van der Waals surface area contributed by atoms with Gasteiger partial charge >= 0.3 is 0 Å². The van der Waals surface area contributed by atoms with Gasteiger partial charge in [-0.05, 0) is 68.0 Å². The number of thiophene rings is 1. The zero-order valence-electron chi connectivity index (χ0n) is 30.3. The number of hydrogen-bond donors (Lipinski definition) is 1. The van der Waals surface area contributed by atoms with Crippen molar-refractivity contribution in [3.8, 4) is 21.7 Å². The van der Waals surface area contributed by atoms with E-state index in [2.05, 4.69) is 88.0 Å². The number of carbonyl (C=O) groups excluding carboxylic acids is 1. The van der Waals surface area contributed by atoms with Gasteiger partial charge in [0, 0.05) is 59.5 Å². The second-order valence-corrected chi connectivity index (χ2v) is 14.7. The zero-order chi connectivity index (χ0) is 35.2. The molecule has 6 heteroatoms. The van der Waals surface area contributed by atoms with Gasteiger partial charge in [0.05, 0.1) is 12.3 Å². The number of aliphatic hydroxyl groups excluding tert-OH is 1. The summed E-state index contributed by atoms with van der Waals surface area (Å²) in [6.45, 7) is 26.4. The van der Waals surface area contributed by atoms with Crippen LogP contribution in [-0.4, -0.2) is 15.9 Å². The summed E-state index contributed by atoms with van der Waals surface area (Å²) in [7, 11) is 0. The molecule has 259 valence electrons. The van der Waals surface area contributed by atoms with Crippen molar-refractivity contribution in [2.24, 2.45) is 11.8 Å². The number of ketones is 1. The Balaban J connectivity index is 0.000000347. The fraction of sp³-hybridized carbons (Fsp3) is 0.372. The topological polar surface area (TPSA) is 54.5 Å². The number of benzene rings is 3. The third-order valence-corrected chi connectivity index (χ3v) is 10.4. The van der Waals surface area contributed by atoms with Gasteiger partial charge in [0.2, 0.25) is 0 Å². The number of hydrogen-bond acceptors (Lipinski definition) is 4. The number of aryl methyl sites for hydroxylation is 2. The maximum Gasteiger partial charge on any atom is 0.187 e. The molecule has 0 aliphatic heterocycles. The monoisotopic (exact) mass is 850 g/mol. The van der Waals surface area contributed by atoms with Crippen LogP contribution in [0.5, 0.6) is 0 Å². The van der Waals surface area contributed by atoms with Crippen LogP contribution in [0.4, 0.5) is 5.69 Å². The van der Waals surface area contributed by atoms with Gasteiger partial charge in [-0.25, -0.2) is 4.85 Å². The van der Waals surface area contributed by atoms with E-state index in [-0.39, 0.29) is 48.9 Å². The molecule has 3 aromatic carbocycles. The molecule has 0 aliphatic rings. The van der Waals surface area contributed by atoms with Crippen molar-refractivity contribution in [2.75, 3.05) is 0 Å². The third kappa shape index (κ3) is 9.14. The molecule has 0 atom stereocenters. The fourth-order valence-electron chi connectivity index (χ4n) is 6.43. The van der Waals surface area contributed by atoms with Crippen LogP contribution in [0.25, 0.3) is 47.4 Å². The van der Waals surface area contributed by atoms with Crippen molar-refractivity contribution >= 4 is 43.7 Å². The SMILES string of the molecule is CCC(CC)C(=O)/C=C(\O)C(CC)CC.[C-]#[N+]c1cc(C)c(-c2cc3ccnc(-c4[c-]c5ccccc5c(C(C)(C)C)c4)c3s2)c(C)c1.[Ir]. The van der Waals surface area contributed by atoms with Gasteiger partial charge in [-0.15, -0.1) is 40.5 Å². The van der Waals surface area contributed by atoms with E-state index in [1.807, 2.05) is 46.0 Å². The van der Waals surface area contributed by atoms with E-state index in [0.717, 1.165) is 53.5 Å². The van der Waals surface area contributed by atoms with E-state index >= 15 is 0 Å². The normalized spacial score (nSPS) is 11.8. The Kier molecular flexibility index (Phi) is 14.1. The molecule has 1 radical (unpaired) electrons.